The first-order valence-corrected chi connectivity index (χ1v) is 9.98. The summed E-state index contributed by atoms with van der Waals surface area (Å²) in [6.07, 6.45) is 2.34. The fraction of sp³-hybridized carbons (Fsp3) is 1.00. The van der Waals surface area contributed by atoms with Crippen molar-refractivity contribution in [1.29, 1.82) is 0 Å². The maximum Gasteiger partial charge on any atom is -0.0668 e. The molecule has 0 fully saturated rings. The predicted molar refractivity (Wildman–Crippen MR) is 97.8 cm³/mol. The van der Waals surface area contributed by atoms with Gasteiger partial charge < -0.3 is 10.6 Å². The molecular weight excluding hydrogens is 356 g/mol. The van der Waals surface area contributed by atoms with Gasteiger partial charge in [-0.2, -0.15) is 14.1 Å². The average molecular weight is 396 g/mol. The Hall–Kier alpha value is 0.208. The van der Waals surface area contributed by atoms with Gasteiger partial charge in [0, 0.05) is 0 Å². The van der Waals surface area contributed by atoms with Crippen molar-refractivity contribution < 1.29 is 18.2 Å². The van der Waals surface area contributed by atoms with E-state index in [1.165, 1.54) is 6.42 Å². The van der Waals surface area contributed by atoms with Gasteiger partial charge >= 0.3 is 77.8 Å². The molecule has 0 N–H and O–H groups in total. The van der Waals surface area contributed by atoms with Crippen LogP contribution < -0.4 is 0 Å². The van der Waals surface area contributed by atoms with Crippen LogP contribution in [0.3, 0.4) is 0 Å². The zero-order valence-electron chi connectivity index (χ0n) is 16.9. The number of hydrogen-bond acceptors (Lipinski definition) is 2. The molecule has 0 aromatic rings. The molecule has 0 amide bonds. The Bertz CT molecular complexity index is 260. The van der Waals surface area contributed by atoms with E-state index < -0.39 is 18.2 Å². The minimum absolute atomic E-state index is 0.108. The second-order valence-electron chi connectivity index (χ2n) is 7.16. The van der Waals surface area contributed by atoms with Gasteiger partial charge in [0.15, 0.2) is 0 Å². The minimum atomic E-state index is -0.473. The van der Waals surface area contributed by atoms with Gasteiger partial charge in [-0.25, -0.2) is 0 Å². The van der Waals surface area contributed by atoms with E-state index in [1.807, 2.05) is 14.1 Å². The standard InChI is InChI=1S/C5H12N.2C4H9N.C4H10N.Mo/c1-4-5(2)6-3;2*1-4(2,3)5;1-3-4-5-2;/h5H,4H2,1-3H3;2*1-3H3;3-4H2,1-2H3;/q-1;;;-1;+2. The van der Waals surface area contributed by atoms with Crippen molar-refractivity contribution in [3.05, 3.63) is 10.6 Å². The van der Waals surface area contributed by atoms with Crippen LogP contribution in [-0.2, 0) is 18.2 Å². The van der Waals surface area contributed by atoms with Crippen molar-refractivity contribution in [2.45, 2.75) is 92.3 Å². The van der Waals surface area contributed by atoms with Crippen LogP contribution in [0.25, 0.3) is 10.6 Å². The first-order valence-electron chi connectivity index (χ1n) is 8.18. The van der Waals surface area contributed by atoms with Crippen LogP contribution in [0.4, 0.5) is 0 Å². The summed E-state index contributed by atoms with van der Waals surface area (Å²) in [4.78, 5) is 0. The molecule has 0 rings (SSSR count). The van der Waals surface area contributed by atoms with Crippen LogP contribution in [0.5, 0.6) is 0 Å². The van der Waals surface area contributed by atoms with E-state index in [0.29, 0.717) is 6.04 Å². The molecular formula is C17H40MoN4. The Kier molecular flexibility index (Phi) is 19.8. The minimum Gasteiger partial charge on any atom is -0.665 e. The summed E-state index contributed by atoms with van der Waals surface area (Å²) < 4.78 is 9.01. The molecule has 4 nitrogen and oxygen atoms in total. The second-order valence-corrected chi connectivity index (χ2v) is 8.46. The summed E-state index contributed by atoms with van der Waals surface area (Å²) in [5, 5.41) is 7.86. The normalized spacial score (nSPS) is 12.0. The van der Waals surface area contributed by atoms with Crippen LogP contribution >= 0.6 is 0 Å². The molecule has 0 saturated heterocycles. The van der Waals surface area contributed by atoms with Gasteiger partial charge in [-0.15, -0.1) is 12.6 Å². The zero-order chi connectivity index (χ0) is 18.2. The summed E-state index contributed by atoms with van der Waals surface area (Å²) in [5.74, 6) is 0. The van der Waals surface area contributed by atoms with Crippen LogP contribution in [-0.4, -0.2) is 37.8 Å². The third-order valence-corrected chi connectivity index (χ3v) is 5.20. The van der Waals surface area contributed by atoms with Crippen LogP contribution in [0, 0.1) is 0 Å². The molecule has 5 heteroatoms. The van der Waals surface area contributed by atoms with Crippen molar-refractivity contribution in [2.75, 3.05) is 20.6 Å². The molecule has 0 aromatic carbocycles. The second kappa shape index (κ2) is 16.1. The molecule has 0 spiro atoms. The van der Waals surface area contributed by atoms with Gasteiger partial charge in [0.05, 0.1) is 0 Å². The van der Waals surface area contributed by atoms with E-state index in [-0.39, 0.29) is 11.1 Å². The molecule has 134 valence electrons. The Morgan fingerprint density at radius 3 is 1.41 bits per heavy atom. The summed E-state index contributed by atoms with van der Waals surface area (Å²) in [7, 11) is 3.69. The third-order valence-electron chi connectivity index (χ3n) is 2.11. The Labute approximate surface area is 148 Å². The smallest absolute Gasteiger partial charge is 0.0668 e. The molecule has 0 bridgehead atoms. The first kappa shape index (κ1) is 27.1. The van der Waals surface area contributed by atoms with Gasteiger partial charge in [0.1, 0.15) is 0 Å². The van der Waals surface area contributed by atoms with Crippen LogP contribution in [0.15, 0.2) is 6.99 Å². The molecule has 0 aliphatic rings. The maximum absolute atomic E-state index is 4.51. The molecule has 0 aliphatic carbocycles. The van der Waals surface area contributed by atoms with Gasteiger partial charge in [0.25, 0.3) is 0 Å². The molecule has 1 atom stereocenters. The summed E-state index contributed by atoms with van der Waals surface area (Å²) in [5.41, 5.74) is 0.216. The summed E-state index contributed by atoms with van der Waals surface area (Å²) in [6.45, 7) is 20.1. The first-order chi connectivity index (χ1) is 9.93. The van der Waals surface area contributed by atoms with Crippen molar-refractivity contribution in [3.63, 3.8) is 0 Å². The maximum atomic E-state index is 4.51. The van der Waals surface area contributed by atoms with Gasteiger partial charge in [0.2, 0.25) is 0 Å². The molecule has 0 aliphatic heterocycles. The fourth-order valence-corrected chi connectivity index (χ4v) is 1.98. The van der Waals surface area contributed by atoms with E-state index in [1.54, 1.807) is 0 Å². The fourth-order valence-electron chi connectivity index (χ4n) is 0.672. The van der Waals surface area contributed by atoms with E-state index in [2.05, 4.69) is 79.9 Å². The zero-order valence-corrected chi connectivity index (χ0v) is 18.9. The van der Waals surface area contributed by atoms with E-state index in [0.717, 1.165) is 13.0 Å². The van der Waals surface area contributed by atoms with Crippen molar-refractivity contribution in [3.8, 4) is 0 Å². The quantitative estimate of drug-likeness (QED) is 0.507. The Balaban J connectivity index is -0.000000277. The largest absolute Gasteiger partial charge is 0.665 e. The monoisotopic (exact) mass is 398 g/mol. The van der Waals surface area contributed by atoms with Gasteiger partial charge in [-0.3, -0.25) is 0 Å². The predicted octanol–water partition coefficient (Wildman–Crippen LogP) is 6.22. The van der Waals surface area contributed by atoms with E-state index >= 15 is 0 Å². The topological polar surface area (TPSA) is 52.9 Å². The molecule has 22 heavy (non-hydrogen) atoms. The van der Waals surface area contributed by atoms with E-state index in [4.69, 9.17) is 0 Å². The number of rotatable bonds is 4. The van der Waals surface area contributed by atoms with E-state index in [9.17, 15) is 0 Å². The molecule has 1 unspecified atom stereocenters. The van der Waals surface area contributed by atoms with Crippen molar-refractivity contribution in [2.24, 2.45) is 6.99 Å². The molecule has 0 heterocycles. The number of nitrogens with zero attached hydrogens (tertiary/aromatic N) is 4. The molecule has 0 aromatic heterocycles. The van der Waals surface area contributed by atoms with Crippen LogP contribution in [0.1, 0.15) is 75.2 Å². The summed E-state index contributed by atoms with van der Waals surface area (Å²) >= 11 is -0.473. The SMILES string of the molecule is CC(C)(C)[N]=[Mo+2]=[N]C(C)(C)C.CCC(C)[N-]C.CCC[N-]C. The summed E-state index contributed by atoms with van der Waals surface area (Å²) in [6, 6.07) is 0.560. The van der Waals surface area contributed by atoms with Gasteiger partial charge in [-0.1, -0.05) is 33.6 Å². The van der Waals surface area contributed by atoms with Crippen LogP contribution in [0.2, 0.25) is 0 Å². The Morgan fingerprint density at radius 2 is 1.32 bits per heavy atom. The van der Waals surface area contributed by atoms with Gasteiger partial charge in [-0.05, 0) is 0 Å². The average Bonchev–Trinajstić information content (AvgIpc) is 2.37. The molecule has 0 radical (unpaired) electrons. The number of hydrogen-bond donors (Lipinski definition) is 0. The van der Waals surface area contributed by atoms with Crippen molar-refractivity contribution >= 4 is 0 Å². The Morgan fingerprint density at radius 1 is 0.909 bits per heavy atom. The molecule has 0 saturated carbocycles. The third kappa shape index (κ3) is 36.9. The van der Waals surface area contributed by atoms with Crippen molar-refractivity contribution in [1.82, 2.24) is 0 Å².